The first-order valence-electron chi connectivity index (χ1n) is 12.6. The minimum Gasteiger partial charge on any atom is -0.390 e. The lowest BCUT2D eigenvalue weighted by Crippen LogP contribution is -2.49. The molecule has 1 amide bonds. The summed E-state index contributed by atoms with van der Waals surface area (Å²) in [5.74, 6) is -0.338. The number of amides is 1. The molecule has 0 aliphatic heterocycles. The normalized spacial score (nSPS) is 13.1. The van der Waals surface area contributed by atoms with Gasteiger partial charge in [0.2, 0.25) is 10.0 Å². The van der Waals surface area contributed by atoms with Gasteiger partial charge in [-0.05, 0) is 55.1 Å². The quantitative estimate of drug-likeness (QED) is 0.281. The molecule has 0 fully saturated rings. The fourth-order valence-electron chi connectivity index (χ4n) is 4.07. The van der Waals surface area contributed by atoms with E-state index in [1.165, 1.54) is 16.9 Å². The van der Waals surface area contributed by atoms with Crippen molar-refractivity contribution in [1.82, 2.24) is 10.6 Å². The Balaban J connectivity index is 1.68. The number of benzene rings is 3. The molecule has 198 valence electrons. The molecule has 3 N–H and O–H groups in total. The first-order valence-corrected chi connectivity index (χ1v) is 14.2. The summed E-state index contributed by atoms with van der Waals surface area (Å²) in [7, 11) is -1.97. The first kappa shape index (κ1) is 28.4. The van der Waals surface area contributed by atoms with Crippen LogP contribution in [0.3, 0.4) is 0 Å². The number of rotatable bonds is 14. The van der Waals surface area contributed by atoms with Crippen molar-refractivity contribution < 1.29 is 18.3 Å². The molecule has 0 aliphatic rings. The molecule has 0 aliphatic carbocycles. The molecule has 0 heterocycles. The summed E-state index contributed by atoms with van der Waals surface area (Å²) in [6.45, 7) is 2.83. The van der Waals surface area contributed by atoms with Crippen molar-refractivity contribution in [1.29, 1.82) is 0 Å². The molecule has 0 bridgehead atoms. The van der Waals surface area contributed by atoms with Crippen molar-refractivity contribution in [3.05, 3.63) is 102 Å². The highest BCUT2D eigenvalue weighted by Gasteiger charge is 2.23. The SMILES string of the molecule is CCCS(=O)(=O)N(C)c1cccc(C(=O)NC(Cc2ccccc2)C(O)CNCCc2ccccc2)c1. The number of hydrogen-bond donors (Lipinski definition) is 3. The largest absolute Gasteiger partial charge is 0.390 e. The zero-order valence-corrected chi connectivity index (χ0v) is 22.3. The minimum absolute atomic E-state index is 0.0303. The molecule has 0 saturated carbocycles. The fraction of sp³-hybridized carbons (Fsp3) is 0.345. The second-order valence-corrected chi connectivity index (χ2v) is 11.2. The summed E-state index contributed by atoms with van der Waals surface area (Å²) in [5, 5.41) is 17.3. The third-order valence-electron chi connectivity index (χ3n) is 6.22. The topological polar surface area (TPSA) is 98.7 Å². The summed E-state index contributed by atoms with van der Waals surface area (Å²) < 4.78 is 26.2. The Labute approximate surface area is 220 Å². The van der Waals surface area contributed by atoms with Crippen LogP contribution in [0.5, 0.6) is 0 Å². The average Bonchev–Trinajstić information content (AvgIpc) is 2.91. The van der Waals surface area contributed by atoms with E-state index in [2.05, 4.69) is 22.8 Å². The lowest BCUT2D eigenvalue weighted by molar-refractivity contribution is 0.0831. The molecule has 3 rings (SSSR count). The van der Waals surface area contributed by atoms with Crippen LogP contribution in [-0.4, -0.2) is 57.5 Å². The number of aliphatic hydroxyl groups is 1. The molecule has 3 aromatic rings. The zero-order valence-electron chi connectivity index (χ0n) is 21.5. The number of nitrogens with one attached hydrogen (secondary N) is 2. The lowest BCUT2D eigenvalue weighted by atomic mass is 10.00. The molecule has 0 saturated heterocycles. The van der Waals surface area contributed by atoms with Crippen LogP contribution >= 0.6 is 0 Å². The molecular weight excluding hydrogens is 486 g/mol. The molecule has 0 radical (unpaired) electrons. The van der Waals surface area contributed by atoms with Crippen LogP contribution in [0.4, 0.5) is 5.69 Å². The Morgan fingerprint density at radius 1 is 0.946 bits per heavy atom. The summed E-state index contributed by atoms with van der Waals surface area (Å²) >= 11 is 0. The van der Waals surface area contributed by atoms with Crippen LogP contribution in [0.25, 0.3) is 0 Å². The van der Waals surface area contributed by atoms with E-state index in [9.17, 15) is 18.3 Å². The van der Waals surface area contributed by atoms with E-state index in [1.54, 1.807) is 24.3 Å². The van der Waals surface area contributed by atoms with Gasteiger partial charge in [0, 0.05) is 19.2 Å². The number of hydrogen-bond acceptors (Lipinski definition) is 5. The number of nitrogens with zero attached hydrogens (tertiary/aromatic N) is 1. The van der Waals surface area contributed by atoms with Crippen LogP contribution in [0.1, 0.15) is 34.8 Å². The van der Waals surface area contributed by atoms with Crippen molar-refractivity contribution in [2.45, 2.75) is 38.3 Å². The van der Waals surface area contributed by atoms with Crippen molar-refractivity contribution >= 4 is 21.6 Å². The fourth-order valence-corrected chi connectivity index (χ4v) is 5.30. The molecule has 0 aromatic heterocycles. The Morgan fingerprint density at radius 2 is 1.59 bits per heavy atom. The molecule has 3 aromatic carbocycles. The zero-order chi connectivity index (χ0) is 26.7. The maximum absolute atomic E-state index is 13.2. The van der Waals surface area contributed by atoms with Crippen molar-refractivity contribution in [3.63, 3.8) is 0 Å². The standard InChI is InChI=1S/C29H37N3O4S/c1-3-19-37(35,36)32(2)26-16-10-15-25(21-26)29(34)31-27(20-24-13-8-5-9-14-24)28(33)22-30-18-17-23-11-6-4-7-12-23/h4-16,21,27-28,30,33H,3,17-20,22H2,1-2H3,(H,31,34). The van der Waals surface area contributed by atoms with Gasteiger partial charge in [-0.1, -0.05) is 73.7 Å². The van der Waals surface area contributed by atoms with E-state index in [4.69, 9.17) is 0 Å². The summed E-state index contributed by atoms with van der Waals surface area (Å²) in [6, 6.07) is 25.8. The van der Waals surface area contributed by atoms with Gasteiger partial charge in [-0.25, -0.2) is 8.42 Å². The van der Waals surface area contributed by atoms with Crippen LogP contribution in [0.15, 0.2) is 84.9 Å². The Bertz CT molecular complexity index is 1220. The van der Waals surface area contributed by atoms with E-state index < -0.39 is 22.2 Å². The monoisotopic (exact) mass is 523 g/mol. The summed E-state index contributed by atoms with van der Waals surface area (Å²) in [5.41, 5.74) is 2.96. The van der Waals surface area contributed by atoms with E-state index >= 15 is 0 Å². The summed E-state index contributed by atoms with van der Waals surface area (Å²) in [4.78, 5) is 13.2. The van der Waals surface area contributed by atoms with Crippen LogP contribution < -0.4 is 14.9 Å². The smallest absolute Gasteiger partial charge is 0.251 e. The maximum atomic E-state index is 13.2. The third-order valence-corrected chi connectivity index (χ3v) is 8.19. The van der Waals surface area contributed by atoms with Gasteiger partial charge in [-0.15, -0.1) is 0 Å². The molecule has 2 atom stereocenters. The van der Waals surface area contributed by atoms with Gasteiger partial charge in [0.15, 0.2) is 0 Å². The minimum atomic E-state index is -3.46. The van der Waals surface area contributed by atoms with Gasteiger partial charge >= 0.3 is 0 Å². The van der Waals surface area contributed by atoms with Gasteiger partial charge in [0.25, 0.3) is 5.91 Å². The molecule has 0 spiro atoms. The van der Waals surface area contributed by atoms with Crippen molar-refractivity contribution in [3.8, 4) is 0 Å². The van der Waals surface area contributed by atoms with Gasteiger partial charge in [0.05, 0.1) is 23.6 Å². The predicted molar refractivity (Wildman–Crippen MR) is 149 cm³/mol. The Hall–Kier alpha value is -3.20. The lowest BCUT2D eigenvalue weighted by Gasteiger charge is -2.25. The number of aliphatic hydroxyl groups excluding tert-OH is 1. The van der Waals surface area contributed by atoms with Crippen molar-refractivity contribution in [2.75, 3.05) is 30.2 Å². The number of anilines is 1. The number of carbonyl (C=O) groups excluding carboxylic acids is 1. The Kier molecular flexibility index (Phi) is 10.7. The number of sulfonamides is 1. The number of carbonyl (C=O) groups is 1. The highest BCUT2D eigenvalue weighted by Crippen LogP contribution is 2.19. The molecule has 8 heteroatoms. The van der Waals surface area contributed by atoms with Crippen LogP contribution in [0.2, 0.25) is 0 Å². The molecular formula is C29H37N3O4S. The first-order chi connectivity index (χ1) is 17.8. The van der Waals surface area contributed by atoms with Gasteiger partial charge in [-0.3, -0.25) is 9.10 Å². The van der Waals surface area contributed by atoms with E-state index in [0.29, 0.717) is 37.2 Å². The van der Waals surface area contributed by atoms with Gasteiger partial charge < -0.3 is 15.7 Å². The molecule has 37 heavy (non-hydrogen) atoms. The maximum Gasteiger partial charge on any atom is 0.251 e. The predicted octanol–water partition coefficient (Wildman–Crippen LogP) is 3.40. The molecule has 2 unspecified atom stereocenters. The third kappa shape index (κ3) is 8.70. The molecule has 7 nitrogen and oxygen atoms in total. The Morgan fingerprint density at radius 3 is 2.24 bits per heavy atom. The van der Waals surface area contributed by atoms with E-state index in [-0.39, 0.29) is 11.7 Å². The van der Waals surface area contributed by atoms with Gasteiger partial charge in [0.1, 0.15) is 0 Å². The van der Waals surface area contributed by atoms with Crippen LogP contribution in [0, 0.1) is 0 Å². The van der Waals surface area contributed by atoms with Gasteiger partial charge in [-0.2, -0.15) is 0 Å². The summed E-state index contributed by atoms with van der Waals surface area (Å²) in [6.07, 6.45) is 0.977. The second-order valence-electron chi connectivity index (χ2n) is 9.11. The highest BCUT2D eigenvalue weighted by molar-refractivity contribution is 7.92. The van der Waals surface area contributed by atoms with Crippen molar-refractivity contribution in [2.24, 2.45) is 0 Å². The average molecular weight is 524 g/mol. The van der Waals surface area contributed by atoms with E-state index in [1.807, 2.05) is 55.5 Å². The highest BCUT2D eigenvalue weighted by atomic mass is 32.2. The van der Waals surface area contributed by atoms with E-state index in [0.717, 1.165) is 12.0 Å². The van der Waals surface area contributed by atoms with Crippen LogP contribution in [-0.2, 0) is 22.9 Å². The second kappa shape index (κ2) is 13.9.